The van der Waals surface area contributed by atoms with Crippen LogP contribution in [-0.2, 0) is 27.9 Å². The van der Waals surface area contributed by atoms with Crippen molar-refractivity contribution in [3.8, 4) is 0 Å². The zero-order valence-electron chi connectivity index (χ0n) is 17.9. The summed E-state index contributed by atoms with van der Waals surface area (Å²) in [5.74, 6) is -0.918. The summed E-state index contributed by atoms with van der Waals surface area (Å²) in [6.45, 7) is 3.25. The molecule has 2 aromatic rings. The van der Waals surface area contributed by atoms with E-state index in [2.05, 4.69) is 22.3 Å². The molecule has 1 amide bonds. The third-order valence-electron chi connectivity index (χ3n) is 5.51. The first-order valence-electron chi connectivity index (χ1n) is 10.6. The number of benzene rings is 2. The van der Waals surface area contributed by atoms with Crippen LogP contribution in [0.15, 0.2) is 53.4 Å². The molecule has 0 spiro atoms. The summed E-state index contributed by atoms with van der Waals surface area (Å²) in [6.07, 6.45) is 5.15. The molecule has 168 valence electrons. The topological polar surface area (TPSA) is 69.7 Å². The fourth-order valence-corrected chi connectivity index (χ4v) is 4.77. The van der Waals surface area contributed by atoms with Gasteiger partial charge in [0.05, 0.1) is 11.4 Å². The maximum atomic E-state index is 13.0. The van der Waals surface area contributed by atoms with Crippen molar-refractivity contribution in [2.45, 2.75) is 43.7 Å². The lowest BCUT2D eigenvalue weighted by Gasteiger charge is -2.20. The molecular weight excluding hydrogens is 417 g/mol. The summed E-state index contributed by atoms with van der Waals surface area (Å²) in [4.78, 5) is 14.7. The van der Waals surface area contributed by atoms with Gasteiger partial charge >= 0.3 is 0 Å². The number of rotatable bonds is 8. The van der Waals surface area contributed by atoms with E-state index in [1.165, 1.54) is 50.4 Å². The Balaban J connectivity index is 1.48. The maximum absolute atomic E-state index is 13.0. The van der Waals surface area contributed by atoms with Crippen LogP contribution in [0.4, 0.5) is 4.39 Å². The molecule has 0 atom stereocenters. The van der Waals surface area contributed by atoms with Crippen LogP contribution in [-0.4, -0.2) is 50.2 Å². The zero-order chi connectivity index (χ0) is 22.3. The van der Waals surface area contributed by atoms with Crippen LogP contribution in [0.5, 0.6) is 0 Å². The zero-order valence-corrected chi connectivity index (χ0v) is 18.7. The molecule has 8 heteroatoms. The number of nitrogens with one attached hydrogen (secondary N) is 1. The van der Waals surface area contributed by atoms with Crippen molar-refractivity contribution >= 4 is 15.9 Å². The summed E-state index contributed by atoms with van der Waals surface area (Å²) in [6, 6.07) is 12.7. The minimum Gasteiger partial charge on any atom is -0.351 e. The monoisotopic (exact) mass is 447 g/mol. The molecule has 3 rings (SSSR count). The molecule has 1 saturated heterocycles. The number of hydrogen-bond acceptors (Lipinski definition) is 4. The van der Waals surface area contributed by atoms with Gasteiger partial charge in [-0.1, -0.05) is 37.1 Å². The minimum absolute atomic E-state index is 0.0517. The Kier molecular flexibility index (Phi) is 8.17. The van der Waals surface area contributed by atoms with Crippen molar-refractivity contribution in [3.63, 3.8) is 0 Å². The molecule has 31 heavy (non-hydrogen) atoms. The number of sulfonamides is 1. The molecule has 1 aliphatic heterocycles. The van der Waals surface area contributed by atoms with Gasteiger partial charge in [-0.3, -0.25) is 9.69 Å². The van der Waals surface area contributed by atoms with Crippen LogP contribution in [0.25, 0.3) is 0 Å². The Labute approximate surface area is 184 Å². The van der Waals surface area contributed by atoms with Crippen molar-refractivity contribution in [1.29, 1.82) is 0 Å². The first-order chi connectivity index (χ1) is 14.8. The Bertz CT molecular complexity index is 955. The second-order valence-corrected chi connectivity index (χ2v) is 10.0. The highest BCUT2D eigenvalue weighted by molar-refractivity contribution is 7.89. The summed E-state index contributed by atoms with van der Waals surface area (Å²) in [5.41, 5.74) is 2.21. The average Bonchev–Trinajstić information content (AvgIpc) is 3.02. The van der Waals surface area contributed by atoms with Crippen LogP contribution in [0, 0.1) is 5.82 Å². The maximum Gasteiger partial charge on any atom is 0.243 e. The molecule has 0 bridgehead atoms. The molecule has 0 aliphatic carbocycles. The van der Waals surface area contributed by atoms with E-state index in [1.807, 2.05) is 12.1 Å². The van der Waals surface area contributed by atoms with Crippen molar-refractivity contribution in [1.82, 2.24) is 14.5 Å². The number of carbonyl (C=O) groups is 1. The predicted molar refractivity (Wildman–Crippen MR) is 118 cm³/mol. The SMILES string of the molecule is CN(CC(=O)NCc1ccc(CN2CCCCCC2)cc1)S(=O)(=O)c1ccc(F)cc1. The number of likely N-dealkylation sites (N-methyl/N-ethyl adjacent to an activating group) is 1. The van der Waals surface area contributed by atoms with Crippen LogP contribution in [0.2, 0.25) is 0 Å². The highest BCUT2D eigenvalue weighted by atomic mass is 32.2. The number of carbonyl (C=O) groups excluding carboxylic acids is 1. The fraction of sp³-hybridized carbons (Fsp3) is 0.435. The number of nitrogens with zero attached hydrogens (tertiary/aromatic N) is 2. The van der Waals surface area contributed by atoms with Crippen LogP contribution in [0.1, 0.15) is 36.8 Å². The first kappa shape index (κ1) is 23.4. The van der Waals surface area contributed by atoms with E-state index < -0.39 is 21.7 Å². The number of hydrogen-bond donors (Lipinski definition) is 1. The highest BCUT2D eigenvalue weighted by Crippen LogP contribution is 2.15. The lowest BCUT2D eigenvalue weighted by molar-refractivity contribution is -0.121. The van der Waals surface area contributed by atoms with E-state index in [0.717, 1.165) is 41.6 Å². The Morgan fingerprint density at radius 2 is 1.55 bits per heavy atom. The second kappa shape index (κ2) is 10.8. The number of likely N-dealkylation sites (tertiary alicyclic amines) is 1. The molecule has 1 N–H and O–H groups in total. The van der Waals surface area contributed by atoms with Gasteiger partial charge in [0, 0.05) is 20.1 Å². The van der Waals surface area contributed by atoms with Crippen molar-refractivity contribution in [2.24, 2.45) is 0 Å². The second-order valence-electron chi connectivity index (χ2n) is 8.00. The van der Waals surface area contributed by atoms with Gasteiger partial charge in [0.25, 0.3) is 0 Å². The highest BCUT2D eigenvalue weighted by Gasteiger charge is 2.22. The van der Waals surface area contributed by atoms with Crippen molar-refractivity contribution in [3.05, 3.63) is 65.5 Å². The average molecular weight is 448 g/mol. The van der Waals surface area contributed by atoms with Gasteiger partial charge in [0.1, 0.15) is 5.82 Å². The van der Waals surface area contributed by atoms with E-state index in [9.17, 15) is 17.6 Å². The predicted octanol–water partition coefficient (Wildman–Crippen LogP) is 3.14. The van der Waals surface area contributed by atoms with Gasteiger partial charge in [-0.15, -0.1) is 0 Å². The van der Waals surface area contributed by atoms with Crippen LogP contribution >= 0.6 is 0 Å². The van der Waals surface area contributed by atoms with E-state index in [-0.39, 0.29) is 11.4 Å². The first-order valence-corrected chi connectivity index (χ1v) is 12.1. The lowest BCUT2D eigenvalue weighted by Crippen LogP contribution is -2.38. The fourth-order valence-electron chi connectivity index (χ4n) is 3.65. The lowest BCUT2D eigenvalue weighted by atomic mass is 10.1. The summed E-state index contributed by atoms with van der Waals surface area (Å²) >= 11 is 0. The van der Waals surface area contributed by atoms with E-state index in [4.69, 9.17) is 0 Å². The number of halogens is 1. The quantitative estimate of drug-likeness (QED) is 0.675. The van der Waals surface area contributed by atoms with Crippen molar-refractivity contribution in [2.75, 3.05) is 26.7 Å². The standard InChI is InChI=1S/C23H30FN3O3S/c1-26(31(29,30)22-12-10-21(24)11-13-22)18-23(28)25-16-19-6-8-20(9-7-19)17-27-14-4-2-3-5-15-27/h6-13H,2-5,14-18H2,1H3,(H,25,28). The minimum atomic E-state index is -3.85. The van der Waals surface area contributed by atoms with Gasteiger partial charge in [0.2, 0.25) is 15.9 Å². The van der Waals surface area contributed by atoms with Crippen LogP contribution in [0.3, 0.4) is 0 Å². The smallest absolute Gasteiger partial charge is 0.243 e. The molecule has 6 nitrogen and oxygen atoms in total. The van der Waals surface area contributed by atoms with E-state index in [1.54, 1.807) is 0 Å². The summed E-state index contributed by atoms with van der Waals surface area (Å²) in [5, 5.41) is 2.76. The van der Waals surface area contributed by atoms with Gasteiger partial charge < -0.3 is 5.32 Å². The van der Waals surface area contributed by atoms with E-state index >= 15 is 0 Å². The molecular formula is C23H30FN3O3S. The molecule has 0 unspecified atom stereocenters. The normalized spacial score (nSPS) is 15.6. The Hall–Kier alpha value is -2.29. The van der Waals surface area contributed by atoms with Gasteiger partial charge in [-0.05, 0) is 61.3 Å². The van der Waals surface area contributed by atoms with Crippen molar-refractivity contribution < 1.29 is 17.6 Å². The summed E-state index contributed by atoms with van der Waals surface area (Å²) < 4.78 is 39.0. The largest absolute Gasteiger partial charge is 0.351 e. The molecule has 2 aromatic carbocycles. The van der Waals surface area contributed by atoms with Crippen LogP contribution < -0.4 is 5.32 Å². The summed E-state index contributed by atoms with van der Waals surface area (Å²) in [7, 11) is -2.53. The molecule has 0 saturated carbocycles. The molecule has 1 aliphatic rings. The third kappa shape index (κ3) is 6.85. The molecule has 1 heterocycles. The molecule has 1 fully saturated rings. The Morgan fingerprint density at radius 3 is 2.16 bits per heavy atom. The molecule has 0 radical (unpaired) electrons. The third-order valence-corrected chi connectivity index (χ3v) is 7.32. The van der Waals surface area contributed by atoms with Gasteiger partial charge in [-0.25, -0.2) is 12.8 Å². The Morgan fingerprint density at radius 1 is 0.968 bits per heavy atom. The van der Waals surface area contributed by atoms with E-state index in [0.29, 0.717) is 6.54 Å². The molecule has 0 aromatic heterocycles. The van der Waals surface area contributed by atoms with Gasteiger partial charge in [-0.2, -0.15) is 4.31 Å². The number of amides is 1. The van der Waals surface area contributed by atoms with Gasteiger partial charge in [0.15, 0.2) is 0 Å².